The van der Waals surface area contributed by atoms with Gasteiger partial charge in [-0.25, -0.2) is 19.7 Å². The Morgan fingerprint density at radius 1 is 0.840 bits per heavy atom. The summed E-state index contributed by atoms with van der Waals surface area (Å²) in [6.07, 6.45) is -2.83. The average Bonchev–Trinajstić information content (AvgIpc) is 2.46. The number of hydrogen-bond donors (Lipinski definition) is 1. The van der Waals surface area contributed by atoms with E-state index in [1.165, 1.54) is 0 Å². The van der Waals surface area contributed by atoms with E-state index in [-0.39, 0.29) is 26.1 Å². The van der Waals surface area contributed by atoms with Crippen LogP contribution in [0.1, 0.15) is 53.4 Å². The van der Waals surface area contributed by atoms with Crippen LogP contribution >= 0.6 is 7.75 Å². The molecule has 148 valence electrons. The Bertz CT molecular complexity index is 410. The Hall–Kier alpha value is -1.35. The number of ether oxygens (including phenoxy) is 4. The van der Waals surface area contributed by atoms with E-state index in [1.54, 1.807) is 27.7 Å². The Balaban J connectivity index is 4.81. The number of hydrogen-bond acceptors (Lipinski definition) is 9. The molecule has 0 rings (SSSR count). The highest BCUT2D eigenvalue weighted by Gasteiger charge is 2.32. The average molecular weight is 385 g/mol. The second-order valence-electron chi connectivity index (χ2n) is 4.79. The first-order chi connectivity index (χ1) is 11.8. The zero-order valence-electron chi connectivity index (χ0n) is 15.1. The van der Waals surface area contributed by atoms with Crippen molar-refractivity contribution in [2.75, 3.05) is 13.2 Å². The van der Waals surface area contributed by atoms with Crippen molar-refractivity contribution >= 4 is 20.1 Å². The van der Waals surface area contributed by atoms with Gasteiger partial charge in [0.05, 0.1) is 13.2 Å². The lowest BCUT2D eigenvalue weighted by molar-refractivity contribution is -0.101. The largest absolute Gasteiger partial charge is 0.510 e. The van der Waals surface area contributed by atoms with Gasteiger partial charge in [0.1, 0.15) is 0 Å². The number of carbonyl (C=O) groups excluding carboxylic acids is 2. The summed E-state index contributed by atoms with van der Waals surface area (Å²) in [5.41, 5.74) is 5.53. The second-order valence-corrected chi connectivity index (χ2v) is 6.29. The molecule has 0 amide bonds. The highest BCUT2D eigenvalue weighted by atomic mass is 31.2. The lowest BCUT2D eigenvalue weighted by atomic mass is 10.3. The van der Waals surface area contributed by atoms with Gasteiger partial charge in [0.2, 0.25) is 12.6 Å². The Labute approximate surface area is 147 Å². The molecule has 0 aliphatic heterocycles. The van der Waals surface area contributed by atoms with Gasteiger partial charge in [-0.3, -0.25) is 9.05 Å². The molecule has 11 heteroatoms. The lowest BCUT2D eigenvalue weighted by Crippen LogP contribution is -2.27. The third kappa shape index (κ3) is 11.8. The first kappa shape index (κ1) is 23.6. The third-order valence-corrected chi connectivity index (χ3v) is 3.62. The van der Waals surface area contributed by atoms with E-state index in [4.69, 9.17) is 24.0 Å². The molecule has 0 saturated carbocycles. The summed E-state index contributed by atoms with van der Waals surface area (Å²) < 4.78 is 41.5. The van der Waals surface area contributed by atoms with Gasteiger partial charge in [-0.15, -0.1) is 0 Å². The molecule has 0 spiro atoms. The van der Waals surface area contributed by atoms with Crippen molar-refractivity contribution in [1.29, 1.82) is 0 Å². The van der Waals surface area contributed by atoms with Gasteiger partial charge in [0.15, 0.2) is 0 Å². The lowest BCUT2D eigenvalue weighted by Gasteiger charge is -2.24. The normalized spacial score (nSPS) is 15.6. The monoisotopic (exact) mass is 385 g/mol. The minimum atomic E-state index is -4.18. The topological polar surface area (TPSA) is 133 Å². The summed E-state index contributed by atoms with van der Waals surface area (Å²) in [6.45, 7) is 7.04. The van der Waals surface area contributed by atoms with Crippen LogP contribution in [0.2, 0.25) is 0 Å². The third-order valence-electron chi connectivity index (χ3n) is 2.56. The zero-order chi connectivity index (χ0) is 19.3. The molecule has 0 heterocycles. The van der Waals surface area contributed by atoms with Crippen LogP contribution < -0.4 is 5.50 Å². The summed E-state index contributed by atoms with van der Waals surface area (Å²) in [6, 6.07) is 0. The predicted octanol–water partition coefficient (Wildman–Crippen LogP) is 3.69. The zero-order valence-corrected chi connectivity index (χ0v) is 16.0. The predicted molar refractivity (Wildman–Crippen MR) is 87.6 cm³/mol. The molecule has 0 fully saturated rings. The SMILES string of the molecule is CCCC(OC(=O)OCC)OP(N)(=O)OC(CCC)OC(=O)OCC. The van der Waals surface area contributed by atoms with Crippen LogP contribution in [0.5, 0.6) is 0 Å². The minimum absolute atomic E-state index is 0.112. The minimum Gasteiger partial charge on any atom is -0.435 e. The quantitative estimate of drug-likeness (QED) is 0.301. The highest BCUT2D eigenvalue weighted by Crippen LogP contribution is 2.43. The number of nitrogens with two attached hydrogens (primary N) is 1. The first-order valence-electron chi connectivity index (χ1n) is 8.20. The Morgan fingerprint density at radius 2 is 1.20 bits per heavy atom. The molecule has 2 N–H and O–H groups in total. The molecule has 10 nitrogen and oxygen atoms in total. The molecule has 25 heavy (non-hydrogen) atoms. The van der Waals surface area contributed by atoms with E-state index in [0.29, 0.717) is 12.8 Å². The number of carbonyl (C=O) groups is 2. The van der Waals surface area contributed by atoms with E-state index in [0.717, 1.165) is 0 Å². The smallest absolute Gasteiger partial charge is 0.435 e. The van der Waals surface area contributed by atoms with Crippen LogP contribution in [0, 0.1) is 0 Å². The molecule has 2 atom stereocenters. The molecule has 0 bridgehead atoms. The standard InChI is InChI=1S/C14H28NO9P/c1-5-9-11(21-13(16)19-7-3)23-25(15,18)24-12(10-6-2)22-14(17)20-8-4/h11-12H,5-10H2,1-4H3,(H2,15,18). The highest BCUT2D eigenvalue weighted by molar-refractivity contribution is 7.51. The van der Waals surface area contributed by atoms with Crippen LogP contribution in [0.3, 0.4) is 0 Å². The fraction of sp³-hybridized carbons (Fsp3) is 0.857. The molecule has 0 aliphatic carbocycles. The van der Waals surface area contributed by atoms with Crippen molar-refractivity contribution < 1.29 is 42.1 Å². The van der Waals surface area contributed by atoms with Crippen LogP contribution in [-0.4, -0.2) is 38.1 Å². The van der Waals surface area contributed by atoms with Gasteiger partial charge in [0.25, 0.3) is 0 Å². The fourth-order valence-electron chi connectivity index (χ4n) is 1.61. The van der Waals surface area contributed by atoms with Gasteiger partial charge >= 0.3 is 20.1 Å². The molecule has 2 unspecified atom stereocenters. The van der Waals surface area contributed by atoms with Gasteiger partial charge in [-0.2, -0.15) is 0 Å². The fourth-order valence-corrected chi connectivity index (χ4v) is 2.61. The van der Waals surface area contributed by atoms with Gasteiger partial charge < -0.3 is 18.9 Å². The Kier molecular flexibility index (Phi) is 12.2. The Morgan fingerprint density at radius 3 is 1.48 bits per heavy atom. The van der Waals surface area contributed by atoms with Gasteiger partial charge in [0, 0.05) is 12.8 Å². The summed E-state index contributed by atoms with van der Waals surface area (Å²) in [5.74, 6) is 0. The van der Waals surface area contributed by atoms with E-state index in [2.05, 4.69) is 9.47 Å². The van der Waals surface area contributed by atoms with Gasteiger partial charge in [-0.1, -0.05) is 26.7 Å². The molecule has 0 aromatic carbocycles. The molecule has 0 aliphatic rings. The van der Waals surface area contributed by atoms with Crippen LogP contribution in [-0.2, 0) is 32.6 Å². The summed E-state index contributed by atoms with van der Waals surface area (Å²) in [5, 5.41) is 0. The van der Waals surface area contributed by atoms with E-state index < -0.39 is 32.6 Å². The van der Waals surface area contributed by atoms with E-state index in [9.17, 15) is 14.2 Å². The maximum atomic E-state index is 12.3. The molecule has 0 aromatic rings. The molecular weight excluding hydrogens is 357 g/mol. The van der Waals surface area contributed by atoms with Crippen molar-refractivity contribution in [3.8, 4) is 0 Å². The van der Waals surface area contributed by atoms with Crippen LogP contribution in [0.25, 0.3) is 0 Å². The molecular formula is C14H28NO9P. The van der Waals surface area contributed by atoms with Crippen molar-refractivity contribution in [2.24, 2.45) is 5.50 Å². The van der Waals surface area contributed by atoms with Gasteiger partial charge in [-0.05, 0) is 13.8 Å². The van der Waals surface area contributed by atoms with Crippen molar-refractivity contribution in [3.05, 3.63) is 0 Å². The molecule has 0 saturated heterocycles. The van der Waals surface area contributed by atoms with Crippen molar-refractivity contribution in [2.45, 2.75) is 66.0 Å². The van der Waals surface area contributed by atoms with Crippen LogP contribution in [0.15, 0.2) is 0 Å². The maximum absolute atomic E-state index is 12.3. The number of rotatable bonds is 12. The van der Waals surface area contributed by atoms with Crippen molar-refractivity contribution in [3.63, 3.8) is 0 Å². The summed E-state index contributed by atoms with van der Waals surface area (Å²) in [7, 11) is -4.18. The van der Waals surface area contributed by atoms with Crippen LogP contribution in [0.4, 0.5) is 9.59 Å². The van der Waals surface area contributed by atoms with Crippen molar-refractivity contribution in [1.82, 2.24) is 0 Å². The molecule has 0 aromatic heterocycles. The summed E-state index contributed by atoms with van der Waals surface area (Å²) >= 11 is 0. The maximum Gasteiger partial charge on any atom is 0.510 e. The van der Waals surface area contributed by atoms with E-state index >= 15 is 0 Å². The molecule has 0 radical (unpaired) electrons. The summed E-state index contributed by atoms with van der Waals surface area (Å²) in [4.78, 5) is 22.7. The van der Waals surface area contributed by atoms with E-state index in [1.807, 2.05) is 0 Å². The first-order valence-corrected chi connectivity index (χ1v) is 9.81. The second kappa shape index (κ2) is 12.9.